The lowest BCUT2D eigenvalue weighted by Gasteiger charge is -2.03. The maximum Gasteiger partial charge on any atom is 0.148 e. The molecule has 3 rings (SSSR count). The van der Waals surface area contributed by atoms with Crippen molar-refractivity contribution in [2.45, 2.75) is 39.8 Å². The molecule has 110 valence electrons. The number of hydrogen-bond acceptors (Lipinski definition) is 2. The van der Waals surface area contributed by atoms with E-state index in [2.05, 4.69) is 70.5 Å². The SMILES string of the molecule is CCCCn1nc(NCc2c[nH]c3ccccc23)cc1C. The number of benzene rings is 1. The van der Waals surface area contributed by atoms with Crippen LogP contribution in [0.3, 0.4) is 0 Å². The van der Waals surface area contributed by atoms with E-state index in [9.17, 15) is 0 Å². The smallest absolute Gasteiger partial charge is 0.148 e. The zero-order valence-corrected chi connectivity index (χ0v) is 12.7. The predicted molar refractivity (Wildman–Crippen MR) is 87.5 cm³/mol. The Labute approximate surface area is 125 Å². The average molecular weight is 282 g/mol. The van der Waals surface area contributed by atoms with Crippen LogP contribution in [0.1, 0.15) is 31.0 Å². The van der Waals surface area contributed by atoms with Crippen LogP contribution in [-0.2, 0) is 13.1 Å². The van der Waals surface area contributed by atoms with Crippen molar-refractivity contribution < 1.29 is 0 Å². The molecule has 0 aliphatic rings. The third-order valence-electron chi connectivity index (χ3n) is 3.84. The Morgan fingerprint density at radius 3 is 3.00 bits per heavy atom. The van der Waals surface area contributed by atoms with Crippen molar-refractivity contribution in [1.29, 1.82) is 0 Å². The third-order valence-corrected chi connectivity index (χ3v) is 3.84. The molecule has 0 unspecified atom stereocenters. The molecule has 0 atom stereocenters. The summed E-state index contributed by atoms with van der Waals surface area (Å²) in [7, 11) is 0. The summed E-state index contributed by atoms with van der Waals surface area (Å²) >= 11 is 0. The van der Waals surface area contributed by atoms with Crippen molar-refractivity contribution in [3.05, 3.63) is 47.8 Å². The molecule has 0 radical (unpaired) electrons. The Kier molecular flexibility index (Phi) is 3.95. The van der Waals surface area contributed by atoms with Crippen molar-refractivity contribution in [3.63, 3.8) is 0 Å². The molecule has 0 amide bonds. The maximum atomic E-state index is 4.62. The van der Waals surface area contributed by atoms with Gasteiger partial charge in [-0.2, -0.15) is 5.10 Å². The molecule has 0 saturated heterocycles. The molecule has 21 heavy (non-hydrogen) atoms. The van der Waals surface area contributed by atoms with Gasteiger partial charge >= 0.3 is 0 Å². The standard InChI is InChI=1S/C17H22N4/c1-3-4-9-21-13(2)10-17(20-21)19-12-14-11-18-16-8-6-5-7-15(14)16/h5-8,10-11,18H,3-4,9,12H2,1-2H3,(H,19,20). The fourth-order valence-electron chi connectivity index (χ4n) is 2.59. The predicted octanol–water partition coefficient (Wildman–Crippen LogP) is 4.09. The van der Waals surface area contributed by atoms with Crippen LogP contribution in [0.4, 0.5) is 5.82 Å². The summed E-state index contributed by atoms with van der Waals surface area (Å²) in [5, 5.41) is 9.32. The number of anilines is 1. The van der Waals surface area contributed by atoms with Gasteiger partial charge in [-0.1, -0.05) is 31.5 Å². The molecular weight excluding hydrogens is 260 g/mol. The van der Waals surface area contributed by atoms with E-state index < -0.39 is 0 Å². The average Bonchev–Trinajstić information content (AvgIpc) is 3.06. The number of rotatable bonds is 6. The van der Waals surface area contributed by atoms with E-state index in [-0.39, 0.29) is 0 Å². The lowest BCUT2D eigenvalue weighted by Crippen LogP contribution is -2.04. The van der Waals surface area contributed by atoms with E-state index in [0.29, 0.717) is 0 Å². The molecule has 0 bridgehead atoms. The summed E-state index contributed by atoms with van der Waals surface area (Å²) in [4.78, 5) is 3.30. The molecule has 2 heterocycles. The minimum absolute atomic E-state index is 0.786. The van der Waals surface area contributed by atoms with Gasteiger partial charge in [-0.05, 0) is 25.0 Å². The minimum atomic E-state index is 0.786. The van der Waals surface area contributed by atoms with Crippen LogP contribution in [0.25, 0.3) is 10.9 Å². The molecule has 3 aromatic rings. The first-order chi connectivity index (χ1) is 10.3. The number of fused-ring (bicyclic) bond motifs is 1. The van der Waals surface area contributed by atoms with E-state index in [4.69, 9.17) is 0 Å². The van der Waals surface area contributed by atoms with Gasteiger partial charge in [-0.15, -0.1) is 0 Å². The van der Waals surface area contributed by atoms with Crippen LogP contribution in [0, 0.1) is 6.92 Å². The highest BCUT2D eigenvalue weighted by atomic mass is 15.3. The normalized spacial score (nSPS) is 11.1. The number of nitrogens with one attached hydrogen (secondary N) is 2. The van der Waals surface area contributed by atoms with Crippen molar-refractivity contribution in [2.24, 2.45) is 0 Å². The molecule has 2 N–H and O–H groups in total. The summed E-state index contributed by atoms with van der Waals surface area (Å²) in [5.74, 6) is 0.953. The highest BCUT2D eigenvalue weighted by molar-refractivity contribution is 5.83. The monoisotopic (exact) mass is 282 g/mol. The van der Waals surface area contributed by atoms with Gasteiger partial charge in [0.1, 0.15) is 5.82 Å². The second kappa shape index (κ2) is 6.04. The Balaban J connectivity index is 1.70. The number of unbranched alkanes of at least 4 members (excludes halogenated alkanes) is 1. The van der Waals surface area contributed by atoms with E-state index >= 15 is 0 Å². The van der Waals surface area contributed by atoms with Crippen LogP contribution < -0.4 is 5.32 Å². The fourth-order valence-corrected chi connectivity index (χ4v) is 2.59. The van der Waals surface area contributed by atoms with Crippen LogP contribution in [0.15, 0.2) is 36.5 Å². The number of aromatic amines is 1. The zero-order chi connectivity index (χ0) is 14.7. The number of H-pyrrole nitrogens is 1. The van der Waals surface area contributed by atoms with Crippen molar-refractivity contribution in [3.8, 4) is 0 Å². The molecule has 4 heteroatoms. The maximum absolute atomic E-state index is 4.62. The Morgan fingerprint density at radius 2 is 2.14 bits per heavy atom. The number of hydrogen-bond donors (Lipinski definition) is 2. The molecule has 0 aliphatic carbocycles. The first-order valence-electron chi connectivity index (χ1n) is 7.61. The van der Waals surface area contributed by atoms with Crippen molar-refractivity contribution in [2.75, 3.05) is 5.32 Å². The van der Waals surface area contributed by atoms with Crippen LogP contribution >= 0.6 is 0 Å². The second-order valence-electron chi connectivity index (χ2n) is 5.46. The van der Waals surface area contributed by atoms with Gasteiger partial charge in [-0.3, -0.25) is 4.68 Å². The van der Waals surface area contributed by atoms with Crippen LogP contribution in [0.2, 0.25) is 0 Å². The Hall–Kier alpha value is -2.23. The van der Waals surface area contributed by atoms with E-state index in [1.165, 1.54) is 35.0 Å². The van der Waals surface area contributed by atoms with E-state index in [1.807, 2.05) is 0 Å². The number of aromatic nitrogens is 3. The molecule has 4 nitrogen and oxygen atoms in total. The Bertz CT molecular complexity index is 723. The van der Waals surface area contributed by atoms with Gasteiger partial charge in [0.2, 0.25) is 0 Å². The number of aryl methyl sites for hydroxylation is 2. The highest BCUT2D eigenvalue weighted by Gasteiger charge is 2.06. The van der Waals surface area contributed by atoms with Crippen molar-refractivity contribution in [1.82, 2.24) is 14.8 Å². The first-order valence-corrected chi connectivity index (χ1v) is 7.61. The molecule has 0 aliphatic heterocycles. The molecule has 0 fully saturated rings. The van der Waals surface area contributed by atoms with Gasteiger partial charge in [0, 0.05) is 41.9 Å². The summed E-state index contributed by atoms with van der Waals surface area (Å²) in [6, 6.07) is 10.5. The van der Waals surface area contributed by atoms with Gasteiger partial charge in [0.05, 0.1) is 0 Å². The first kappa shape index (κ1) is 13.7. The molecule has 2 aromatic heterocycles. The molecule has 1 aromatic carbocycles. The number of para-hydroxylation sites is 1. The second-order valence-corrected chi connectivity index (χ2v) is 5.46. The van der Waals surface area contributed by atoms with Gasteiger partial charge in [-0.25, -0.2) is 0 Å². The van der Waals surface area contributed by atoms with Crippen molar-refractivity contribution >= 4 is 16.7 Å². The lowest BCUT2D eigenvalue weighted by molar-refractivity contribution is 0.560. The summed E-state index contributed by atoms with van der Waals surface area (Å²) in [6.07, 6.45) is 4.43. The summed E-state index contributed by atoms with van der Waals surface area (Å²) in [6.45, 7) is 6.10. The summed E-state index contributed by atoms with van der Waals surface area (Å²) < 4.78 is 2.08. The largest absolute Gasteiger partial charge is 0.364 e. The van der Waals surface area contributed by atoms with E-state index in [0.717, 1.165) is 18.9 Å². The van der Waals surface area contributed by atoms with Gasteiger partial charge < -0.3 is 10.3 Å². The third kappa shape index (κ3) is 2.94. The lowest BCUT2D eigenvalue weighted by atomic mass is 10.2. The minimum Gasteiger partial charge on any atom is -0.364 e. The summed E-state index contributed by atoms with van der Waals surface area (Å²) in [5.41, 5.74) is 3.66. The molecule has 0 spiro atoms. The van der Waals surface area contributed by atoms with Gasteiger partial charge in [0.25, 0.3) is 0 Å². The van der Waals surface area contributed by atoms with Crippen LogP contribution in [0.5, 0.6) is 0 Å². The van der Waals surface area contributed by atoms with Crippen LogP contribution in [-0.4, -0.2) is 14.8 Å². The topological polar surface area (TPSA) is 45.6 Å². The fraction of sp³-hybridized carbons (Fsp3) is 0.353. The van der Waals surface area contributed by atoms with Gasteiger partial charge in [0.15, 0.2) is 0 Å². The highest BCUT2D eigenvalue weighted by Crippen LogP contribution is 2.19. The Morgan fingerprint density at radius 1 is 1.29 bits per heavy atom. The number of nitrogens with zero attached hydrogens (tertiary/aromatic N) is 2. The zero-order valence-electron chi connectivity index (χ0n) is 12.7. The quantitative estimate of drug-likeness (QED) is 0.715. The van der Waals surface area contributed by atoms with E-state index in [1.54, 1.807) is 0 Å². The molecule has 0 saturated carbocycles. The molecular formula is C17H22N4.